The van der Waals surface area contributed by atoms with Crippen molar-refractivity contribution < 1.29 is 4.39 Å². The van der Waals surface area contributed by atoms with Crippen molar-refractivity contribution in [2.45, 2.75) is 52.5 Å². The predicted octanol–water partition coefficient (Wildman–Crippen LogP) is 5.01. The molecule has 2 aromatic heterocycles. The lowest BCUT2D eigenvalue weighted by Gasteiger charge is -2.23. The van der Waals surface area contributed by atoms with Crippen LogP contribution in [0.15, 0.2) is 48.8 Å². The van der Waals surface area contributed by atoms with Gasteiger partial charge in [0.1, 0.15) is 11.6 Å². The molecule has 4 nitrogen and oxygen atoms in total. The van der Waals surface area contributed by atoms with Gasteiger partial charge in [0, 0.05) is 17.5 Å². The maximum atomic E-state index is 13.0. The molecule has 1 aromatic carbocycles. The Morgan fingerprint density at radius 2 is 1.68 bits per heavy atom. The van der Waals surface area contributed by atoms with Crippen molar-refractivity contribution in [3.63, 3.8) is 0 Å². The van der Waals surface area contributed by atoms with Gasteiger partial charge < -0.3 is 10.7 Å². The topological polar surface area (TPSA) is 67.6 Å². The summed E-state index contributed by atoms with van der Waals surface area (Å²) in [6.45, 7) is 8.71. The van der Waals surface area contributed by atoms with Crippen molar-refractivity contribution >= 4 is 0 Å². The van der Waals surface area contributed by atoms with E-state index in [4.69, 9.17) is 5.73 Å². The van der Waals surface area contributed by atoms with Crippen molar-refractivity contribution in [2.75, 3.05) is 0 Å². The van der Waals surface area contributed by atoms with Crippen LogP contribution < -0.4 is 5.73 Å². The molecule has 0 fully saturated rings. The highest BCUT2D eigenvalue weighted by molar-refractivity contribution is 5.59. The second-order valence-corrected chi connectivity index (χ2v) is 8.60. The molecule has 28 heavy (non-hydrogen) atoms. The van der Waals surface area contributed by atoms with Crippen LogP contribution in [0, 0.1) is 11.2 Å². The molecule has 0 aliphatic rings. The van der Waals surface area contributed by atoms with E-state index >= 15 is 0 Å². The fourth-order valence-electron chi connectivity index (χ4n) is 3.23. The number of nitrogens with two attached hydrogens (primary N) is 1. The molecule has 0 aliphatic carbocycles. The number of aromatic nitrogens is 3. The summed E-state index contributed by atoms with van der Waals surface area (Å²) in [5, 5.41) is 0. The zero-order chi connectivity index (χ0) is 20.4. The van der Waals surface area contributed by atoms with Gasteiger partial charge in [0.2, 0.25) is 0 Å². The molecular weight excluding hydrogens is 351 g/mol. The van der Waals surface area contributed by atoms with E-state index in [1.54, 1.807) is 6.07 Å². The first-order chi connectivity index (χ1) is 13.2. The molecule has 5 heteroatoms. The lowest BCUT2D eigenvalue weighted by atomic mass is 9.85. The zero-order valence-corrected chi connectivity index (χ0v) is 17.1. The number of hydrogen-bond acceptors (Lipinski definition) is 3. The van der Waals surface area contributed by atoms with Gasteiger partial charge in [-0.1, -0.05) is 51.5 Å². The average Bonchev–Trinajstić information content (AvgIpc) is 3.12. The molecule has 2 heterocycles. The summed E-state index contributed by atoms with van der Waals surface area (Å²) >= 11 is 0. The standard InChI is InChI=1S/C23H29FN4/c1-5-22(2,3)13-19-15-27-21(28-19)23(4,25)12-16-6-8-17(9-7-16)20-11-10-18(24)14-26-20/h6-11,14-15H,5,12-13,25H2,1-4H3,(H,27,28). The number of benzene rings is 1. The highest BCUT2D eigenvalue weighted by Gasteiger charge is 2.26. The van der Waals surface area contributed by atoms with Crippen LogP contribution in [0.25, 0.3) is 11.3 Å². The van der Waals surface area contributed by atoms with E-state index in [1.165, 1.54) is 12.3 Å². The summed E-state index contributed by atoms with van der Waals surface area (Å²) in [5.74, 6) is 0.470. The number of imidazole rings is 1. The Morgan fingerprint density at radius 3 is 2.29 bits per heavy atom. The number of halogens is 1. The van der Waals surface area contributed by atoms with Gasteiger partial charge in [-0.05, 0) is 42.9 Å². The molecule has 0 spiro atoms. The summed E-state index contributed by atoms with van der Waals surface area (Å²) in [5.41, 5.74) is 10.2. The maximum absolute atomic E-state index is 13.0. The van der Waals surface area contributed by atoms with Gasteiger partial charge >= 0.3 is 0 Å². The van der Waals surface area contributed by atoms with Crippen LogP contribution in [-0.2, 0) is 18.4 Å². The maximum Gasteiger partial charge on any atom is 0.141 e. The fraction of sp³-hybridized carbons (Fsp3) is 0.391. The van der Waals surface area contributed by atoms with Crippen LogP contribution in [0.4, 0.5) is 4.39 Å². The van der Waals surface area contributed by atoms with E-state index < -0.39 is 5.54 Å². The highest BCUT2D eigenvalue weighted by atomic mass is 19.1. The Morgan fingerprint density at radius 1 is 0.964 bits per heavy atom. The zero-order valence-electron chi connectivity index (χ0n) is 17.1. The first kappa shape index (κ1) is 20.2. The number of nitrogens with one attached hydrogen (secondary N) is 1. The van der Waals surface area contributed by atoms with Gasteiger partial charge in [-0.25, -0.2) is 9.37 Å². The first-order valence-electron chi connectivity index (χ1n) is 9.73. The van der Waals surface area contributed by atoms with Crippen LogP contribution in [0.1, 0.15) is 51.2 Å². The minimum absolute atomic E-state index is 0.235. The fourth-order valence-corrected chi connectivity index (χ4v) is 3.23. The quantitative estimate of drug-likeness (QED) is 0.606. The van der Waals surface area contributed by atoms with Crippen molar-refractivity contribution in [2.24, 2.45) is 11.1 Å². The molecule has 0 amide bonds. The van der Waals surface area contributed by atoms with Crippen LogP contribution >= 0.6 is 0 Å². The predicted molar refractivity (Wildman–Crippen MR) is 111 cm³/mol. The van der Waals surface area contributed by atoms with E-state index in [9.17, 15) is 4.39 Å². The third-order valence-electron chi connectivity index (χ3n) is 5.34. The normalized spacial score (nSPS) is 14.1. The van der Waals surface area contributed by atoms with Crippen LogP contribution in [0.2, 0.25) is 0 Å². The molecule has 0 radical (unpaired) electrons. The van der Waals surface area contributed by atoms with Gasteiger partial charge in [0.05, 0.1) is 17.4 Å². The summed E-state index contributed by atoms with van der Waals surface area (Å²) in [7, 11) is 0. The van der Waals surface area contributed by atoms with Crippen LogP contribution in [-0.4, -0.2) is 15.0 Å². The van der Waals surface area contributed by atoms with Gasteiger partial charge in [-0.2, -0.15) is 0 Å². The van der Waals surface area contributed by atoms with E-state index in [0.717, 1.165) is 41.2 Å². The third-order valence-corrected chi connectivity index (χ3v) is 5.34. The average molecular weight is 381 g/mol. The number of hydrogen-bond donors (Lipinski definition) is 2. The summed E-state index contributed by atoms with van der Waals surface area (Å²) in [6, 6.07) is 11.2. The molecule has 3 rings (SSSR count). The molecule has 3 aromatic rings. The minimum Gasteiger partial charge on any atom is -0.344 e. The molecule has 0 bridgehead atoms. The van der Waals surface area contributed by atoms with Gasteiger partial charge in [0.15, 0.2) is 0 Å². The Hall–Kier alpha value is -2.53. The molecule has 1 atom stereocenters. The largest absolute Gasteiger partial charge is 0.344 e. The van der Waals surface area contributed by atoms with Crippen molar-refractivity contribution in [3.05, 3.63) is 71.7 Å². The Bertz CT molecular complexity index is 909. The van der Waals surface area contributed by atoms with E-state index in [-0.39, 0.29) is 11.2 Å². The van der Waals surface area contributed by atoms with Gasteiger partial charge in [0.25, 0.3) is 0 Å². The van der Waals surface area contributed by atoms with E-state index in [2.05, 4.69) is 35.7 Å². The van der Waals surface area contributed by atoms with E-state index in [0.29, 0.717) is 6.42 Å². The lowest BCUT2D eigenvalue weighted by Crippen LogP contribution is -2.36. The number of aromatic amines is 1. The molecule has 0 aliphatic heterocycles. The number of nitrogens with zero attached hydrogens (tertiary/aromatic N) is 2. The van der Waals surface area contributed by atoms with E-state index in [1.807, 2.05) is 37.4 Å². The molecule has 0 saturated carbocycles. The first-order valence-corrected chi connectivity index (χ1v) is 9.73. The van der Waals surface area contributed by atoms with Crippen molar-refractivity contribution in [1.29, 1.82) is 0 Å². The second-order valence-electron chi connectivity index (χ2n) is 8.60. The van der Waals surface area contributed by atoms with Gasteiger partial charge in [-0.3, -0.25) is 4.98 Å². The Balaban J connectivity index is 1.72. The molecule has 0 saturated heterocycles. The van der Waals surface area contributed by atoms with Crippen molar-refractivity contribution in [1.82, 2.24) is 15.0 Å². The molecule has 148 valence electrons. The van der Waals surface area contributed by atoms with Gasteiger partial charge in [-0.15, -0.1) is 0 Å². The van der Waals surface area contributed by atoms with Crippen molar-refractivity contribution in [3.8, 4) is 11.3 Å². The molecule has 1 unspecified atom stereocenters. The SMILES string of the molecule is CCC(C)(C)Cc1cnc(C(C)(N)Cc2ccc(-c3ccc(F)cn3)cc2)[nH]1. The molecule has 3 N–H and O–H groups in total. The summed E-state index contributed by atoms with van der Waals surface area (Å²) in [6.07, 6.45) is 5.85. The Labute approximate surface area is 166 Å². The summed E-state index contributed by atoms with van der Waals surface area (Å²) in [4.78, 5) is 12.1. The Kier molecular flexibility index (Phi) is 5.66. The number of H-pyrrole nitrogens is 1. The summed E-state index contributed by atoms with van der Waals surface area (Å²) < 4.78 is 13.0. The third kappa shape index (κ3) is 4.84. The van der Waals surface area contributed by atoms with Crippen LogP contribution in [0.5, 0.6) is 0 Å². The monoisotopic (exact) mass is 380 g/mol. The molecular formula is C23H29FN4. The number of pyridine rings is 1. The highest BCUT2D eigenvalue weighted by Crippen LogP contribution is 2.27. The minimum atomic E-state index is -0.593. The van der Waals surface area contributed by atoms with Crippen LogP contribution in [0.3, 0.4) is 0 Å². The smallest absolute Gasteiger partial charge is 0.141 e. The lowest BCUT2D eigenvalue weighted by molar-refractivity contribution is 0.345. The number of rotatable bonds is 7. The second kappa shape index (κ2) is 7.84.